The molecule has 0 radical (unpaired) electrons. The number of benzene rings is 2. The van der Waals surface area contributed by atoms with Gasteiger partial charge >= 0.3 is 6.03 Å². The van der Waals surface area contributed by atoms with E-state index in [9.17, 15) is 4.79 Å². The number of carbonyl (C=O) groups is 1. The highest BCUT2D eigenvalue weighted by Gasteiger charge is 2.20. The van der Waals surface area contributed by atoms with Crippen molar-refractivity contribution in [1.29, 1.82) is 0 Å². The second-order valence-electron chi connectivity index (χ2n) is 8.13. The molecule has 0 atom stereocenters. The summed E-state index contributed by atoms with van der Waals surface area (Å²) in [6, 6.07) is 14.0. The molecular weight excluding hydrogens is 412 g/mol. The molecule has 31 heavy (non-hydrogen) atoms. The molecular formula is C23H29ClN6O. The fraction of sp³-hybridized carbons (Fsp3) is 0.391. The number of aromatic nitrogens is 2. The first-order chi connectivity index (χ1) is 15.0. The van der Waals surface area contributed by atoms with Crippen LogP contribution in [0.15, 0.2) is 42.5 Å². The van der Waals surface area contributed by atoms with Gasteiger partial charge in [-0.15, -0.1) is 0 Å². The third kappa shape index (κ3) is 5.11. The number of amides is 2. The molecule has 1 aromatic heterocycles. The van der Waals surface area contributed by atoms with Crippen LogP contribution in [-0.2, 0) is 0 Å². The number of fused-ring (bicyclic) bond motifs is 1. The highest BCUT2D eigenvalue weighted by Crippen LogP contribution is 2.32. The quantitative estimate of drug-likeness (QED) is 0.635. The molecule has 4 rings (SSSR count). The van der Waals surface area contributed by atoms with E-state index < -0.39 is 0 Å². The molecule has 2 heterocycles. The number of anilines is 1. The number of likely N-dealkylation sites (N-methyl/N-ethyl adjacent to an activating group) is 1. The Balaban J connectivity index is 1.46. The summed E-state index contributed by atoms with van der Waals surface area (Å²) in [6.45, 7) is 4.61. The molecule has 2 amide bonds. The largest absolute Gasteiger partial charge is 0.370 e. The highest BCUT2D eigenvalue weighted by atomic mass is 35.5. The Labute approximate surface area is 188 Å². The number of H-pyrrole nitrogens is 1. The molecule has 2 N–H and O–H groups in total. The summed E-state index contributed by atoms with van der Waals surface area (Å²) >= 11 is 6.52. The number of halogens is 1. The van der Waals surface area contributed by atoms with Gasteiger partial charge < -0.3 is 25.0 Å². The second-order valence-corrected chi connectivity index (χ2v) is 8.54. The van der Waals surface area contributed by atoms with Gasteiger partial charge in [-0.05, 0) is 50.8 Å². The summed E-state index contributed by atoms with van der Waals surface area (Å²) in [7, 11) is 4.00. The predicted molar refractivity (Wildman–Crippen MR) is 127 cm³/mol. The number of hydrogen-bond donors (Lipinski definition) is 2. The van der Waals surface area contributed by atoms with Gasteiger partial charge in [0, 0.05) is 50.5 Å². The van der Waals surface area contributed by atoms with Crippen LogP contribution < -0.4 is 10.2 Å². The fourth-order valence-corrected chi connectivity index (χ4v) is 4.06. The van der Waals surface area contributed by atoms with Crippen molar-refractivity contribution >= 4 is 34.4 Å². The number of rotatable bonds is 5. The number of nitrogens with one attached hydrogen (secondary N) is 2. The summed E-state index contributed by atoms with van der Waals surface area (Å²) in [5.74, 6) is 0.768. The molecule has 7 nitrogen and oxygen atoms in total. The Morgan fingerprint density at radius 1 is 1.16 bits per heavy atom. The first-order valence-electron chi connectivity index (χ1n) is 10.7. The highest BCUT2D eigenvalue weighted by molar-refractivity contribution is 6.33. The van der Waals surface area contributed by atoms with Crippen molar-refractivity contribution in [2.24, 2.45) is 0 Å². The van der Waals surface area contributed by atoms with Crippen molar-refractivity contribution in [2.45, 2.75) is 6.42 Å². The van der Waals surface area contributed by atoms with Crippen LogP contribution in [0.2, 0.25) is 5.02 Å². The molecule has 0 unspecified atom stereocenters. The standard InChI is InChI=1S/C23H29ClN6O/c1-28(2)13-10-25-23(31)30-12-5-11-29(14-15-30)17-8-9-19(24)18(16-17)22-26-20-6-3-4-7-21(20)27-22/h3-4,6-9,16H,5,10-15H2,1-2H3,(H,25,31)(H,26,27). The second kappa shape index (κ2) is 9.58. The van der Waals surface area contributed by atoms with Crippen LogP contribution in [0.1, 0.15) is 6.42 Å². The van der Waals surface area contributed by atoms with Crippen molar-refractivity contribution in [3.63, 3.8) is 0 Å². The predicted octanol–water partition coefficient (Wildman–Crippen LogP) is 3.67. The van der Waals surface area contributed by atoms with Crippen molar-refractivity contribution in [2.75, 3.05) is 58.3 Å². The molecule has 1 aliphatic heterocycles. The Bertz CT molecular complexity index is 1020. The first-order valence-corrected chi connectivity index (χ1v) is 11.1. The topological polar surface area (TPSA) is 67.5 Å². The number of nitrogens with zero attached hydrogens (tertiary/aromatic N) is 4. The first kappa shape index (κ1) is 21.5. The van der Waals surface area contributed by atoms with Crippen LogP contribution in [0.25, 0.3) is 22.4 Å². The van der Waals surface area contributed by atoms with Crippen LogP contribution in [0.4, 0.5) is 10.5 Å². The molecule has 164 valence electrons. The zero-order valence-electron chi connectivity index (χ0n) is 18.1. The van der Waals surface area contributed by atoms with E-state index in [1.54, 1.807) is 0 Å². The van der Waals surface area contributed by atoms with E-state index in [1.165, 1.54) is 0 Å². The van der Waals surface area contributed by atoms with Gasteiger partial charge in [0.25, 0.3) is 0 Å². The molecule has 1 fully saturated rings. The van der Waals surface area contributed by atoms with Crippen molar-refractivity contribution in [1.82, 2.24) is 25.1 Å². The molecule has 8 heteroatoms. The zero-order valence-corrected chi connectivity index (χ0v) is 18.8. The van der Waals surface area contributed by atoms with E-state index in [2.05, 4.69) is 26.2 Å². The Hall–Kier alpha value is -2.77. The molecule has 1 saturated heterocycles. The molecule has 0 saturated carbocycles. The molecule has 3 aromatic rings. The number of urea groups is 1. The average molecular weight is 441 g/mol. The van der Waals surface area contributed by atoms with Gasteiger partial charge in [0.05, 0.1) is 16.1 Å². The summed E-state index contributed by atoms with van der Waals surface area (Å²) in [5.41, 5.74) is 3.89. The van der Waals surface area contributed by atoms with E-state index in [0.717, 1.165) is 60.7 Å². The Morgan fingerprint density at radius 3 is 2.81 bits per heavy atom. The van der Waals surface area contributed by atoms with E-state index in [-0.39, 0.29) is 6.03 Å². The van der Waals surface area contributed by atoms with E-state index in [1.807, 2.05) is 55.4 Å². The van der Waals surface area contributed by atoms with Gasteiger partial charge in [0.2, 0.25) is 0 Å². The normalized spacial score (nSPS) is 14.8. The summed E-state index contributed by atoms with van der Waals surface area (Å²) in [6.07, 6.45) is 0.920. The van der Waals surface area contributed by atoms with Crippen molar-refractivity contribution in [3.8, 4) is 11.4 Å². The average Bonchev–Trinajstić information content (AvgIpc) is 3.03. The zero-order chi connectivity index (χ0) is 21.8. The summed E-state index contributed by atoms with van der Waals surface area (Å²) in [5, 5.41) is 3.68. The number of hydrogen-bond acceptors (Lipinski definition) is 4. The van der Waals surface area contributed by atoms with Crippen LogP contribution in [0, 0.1) is 0 Å². The van der Waals surface area contributed by atoms with Crippen molar-refractivity contribution in [3.05, 3.63) is 47.5 Å². The SMILES string of the molecule is CN(C)CCNC(=O)N1CCCN(c2ccc(Cl)c(-c3nc4ccccc4[nH]3)c2)CC1. The van der Waals surface area contributed by atoms with Gasteiger partial charge in [0.1, 0.15) is 5.82 Å². The number of imidazole rings is 1. The lowest BCUT2D eigenvalue weighted by Gasteiger charge is -2.24. The van der Waals surface area contributed by atoms with Crippen LogP contribution in [0.5, 0.6) is 0 Å². The summed E-state index contributed by atoms with van der Waals surface area (Å²) in [4.78, 5) is 26.8. The monoisotopic (exact) mass is 440 g/mol. The van der Waals surface area contributed by atoms with E-state index in [4.69, 9.17) is 16.6 Å². The van der Waals surface area contributed by atoms with Crippen molar-refractivity contribution < 1.29 is 4.79 Å². The van der Waals surface area contributed by atoms with Gasteiger partial charge in [-0.2, -0.15) is 0 Å². The lowest BCUT2D eigenvalue weighted by molar-refractivity contribution is 0.200. The third-order valence-corrected chi connectivity index (χ3v) is 5.91. The Kier molecular flexibility index (Phi) is 6.63. The molecule has 0 bridgehead atoms. The van der Waals surface area contributed by atoms with E-state index >= 15 is 0 Å². The van der Waals surface area contributed by atoms with Gasteiger partial charge in [-0.3, -0.25) is 0 Å². The minimum absolute atomic E-state index is 0.0165. The summed E-state index contributed by atoms with van der Waals surface area (Å²) < 4.78 is 0. The third-order valence-electron chi connectivity index (χ3n) is 5.58. The van der Waals surface area contributed by atoms with E-state index in [0.29, 0.717) is 18.1 Å². The van der Waals surface area contributed by atoms with Crippen LogP contribution in [0.3, 0.4) is 0 Å². The maximum atomic E-state index is 12.5. The Morgan fingerprint density at radius 2 is 2.00 bits per heavy atom. The molecule has 0 aliphatic carbocycles. The minimum atomic E-state index is 0.0165. The number of para-hydroxylation sites is 2. The molecule has 0 spiro atoms. The molecule has 1 aliphatic rings. The smallest absolute Gasteiger partial charge is 0.317 e. The maximum Gasteiger partial charge on any atom is 0.317 e. The van der Waals surface area contributed by atoms with Gasteiger partial charge in [-0.1, -0.05) is 23.7 Å². The molecule has 2 aromatic carbocycles. The lowest BCUT2D eigenvalue weighted by Crippen LogP contribution is -2.44. The van der Waals surface area contributed by atoms with Crippen LogP contribution >= 0.6 is 11.6 Å². The van der Waals surface area contributed by atoms with Gasteiger partial charge in [-0.25, -0.2) is 9.78 Å². The number of carbonyl (C=O) groups excluding carboxylic acids is 1. The van der Waals surface area contributed by atoms with Gasteiger partial charge in [0.15, 0.2) is 0 Å². The fourth-order valence-electron chi connectivity index (χ4n) is 3.85. The number of aromatic amines is 1. The maximum absolute atomic E-state index is 12.5. The minimum Gasteiger partial charge on any atom is -0.370 e. The lowest BCUT2D eigenvalue weighted by atomic mass is 10.1. The van der Waals surface area contributed by atoms with Crippen LogP contribution in [-0.4, -0.2) is 79.2 Å².